The van der Waals surface area contributed by atoms with Crippen LogP contribution in [0.25, 0.3) is 11.0 Å². The van der Waals surface area contributed by atoms with E-state index in [2.05, 4.69) is 9.55 Å². The van der Waals surface area contributed by atoms with Crippen LogP contribution in [0, 0.1) is 6.92 Å². The molecule has 0 saturated heterocycles. The molecule has 1 aromatic heterocycles. The summed E-state index contributed by atoms with van der Waals surface area (Å²) in [5, 5.41) is -0.167. The Kier molecular flexibility index (Phi) is 5.23. The quantitative estimate of drug-likeness (QED) is 0.598. The summed E-state index contributed by atoms with van der Waals surface area (Å²) in [6.45, 7) is 6.92. The zero-order valence-electron chi connectivity index (χ0n) is 12.7. The average Bonchev–Trinajstić information content (AvgIpc) is 2.80. The van der Waals surface area contributed by atoms with Crippen LogP contribution in [-0.4, -0.2) is 22.1 Å². The lowest BCUT2D eigenvalue weighted by Crippen LogP contribution is -2.08. The summed E-state index contributed by atoms with van der Waals surface area (Å²) in [5.41, 5.74) is 3.19. The van der Waals surface area contributed by atoms with Crippen LogP contribution in [0.1, 0.15) is 43.5 Å². The summed E-state index contributed by atoms with van der Waals surface area (Å²) in [6.07, 6.45) is 1.13. The van der Waals surface area contributed by atoms with Crippen molar-refractivity contribution < 1.29 is 9.53 Å². The minimum atomic E-state index is -0.167. The van der Waals surface area contributed by atoms with Crippen molar-refractivity contribution in [3.05, 3.63) is 29.6 Å². The van der Waals surface area contributed by atoms with Gasteiger partial charge < -0.3 is 9.30 Å². The topological polar surface area (TPSA) is 44.1 Å². The van der Waals surface area contributed by atoms with Crippen molar-refractivity contribution in [2.75, 3.05) is 6.61 Å². The van der Waals surface area contributed by atoms with Crippen LogP contribution in [0.2, 0.25) is 0 Å². The molecular formula is C16H21ClN2O2. The molecule has 0 aliphatic carbocycles. The number of nitrogens with zero attached hydrogens (tertiary/aromatic N) is 2. The third kappa shape index (κ3) is 3.56. The van der Waals surface area contributed by atoms with E-state index in [-0.39, 0.29) is 11.3 Å². The molecule has 0 spiro atoms. The van der Waals surface area contributed by atoms with Gasteiger partial charge in [-0.15, -0.1) is 11.6 Å². The van der Waals surface area contributed by atoms with Crippen molar-refractivity contribution in [3.8, 4) is 0 Å². The minimum absolute atomic E-state index is 0.154. The maximum absolute atomic E-state index is 11.4. The van der Waals surface area contributed by atoms with Crippen LogP contribution >= 0.6 is 11.6 Å². The number of alkyl halides is 1. The predicted octanol–water partition coefficient (Wildman–Crippen LogP) is 3.99. The number of para-hydroxylation sites is 1. The molecule has 0 fully saturated rings. The van der Waals surface area contributed by atoms with E-state index in [9.17, 15) is 4.79 Å². The first-order valence-electron chi connectivity index (χ1n) is 7.30. The summed E-state index contributed by atoms with van der Waals surface area (Å²) in [7, 11) is 0. The highest BCUT2D eigenvalue weighted by atomic mass is 35.5. The monoisotopic (exact) mass is 308 g/mol. The number of esters is 1. The molecular weight excluding hydrogens is 288 g/mol. The molecule has 1 unspecified atom stereocenters. The molecule has 1 atom stereocenters. The molecule has 0 radical (unpaired) electrons. The Bertz CT molecular complexity index is 634. The van der Waals surface area contributed by atoms with Crippen molar-refractivity contribution in [3.63, 3.8) is 0 Å². The third-order valence-electron chi connectivity index (χ3n) is 3.43. The van der Waals surface area contributed by atoms with Crippen molar-refractivity contribution >= 4 is 28.6 Å². The number of carbonyl (C=O) groups is 1. The lowest BCUT2D eigenvalue weighted by Gasteiger charge is -2.10. The van der Waals surface area contributed by atoms with Gasteiger partial charge in [-0.25, -0.2) is 4.98 Å². The van der Waals surface area contributed by atoms with Gasteiger partial charge in [0.15, 0.2) is 0 Å². The van der Waals surface area contributed by atoms with Gasteiger partial charge in [0.05, 0.1) is 23.0 Å². The van der Waals surface area contributed by atoms with Gasteiger partial charge in [-0.1, -0.05) is 12.1 Å². The maximum atomic E-state index is 11.4. The van der Waals surface area contributed by atoms with Gasteiger partial charge in [0.25, 0.3) is 0 Å². The molecule has 1 heterocycles. The number of aryl methyl sites for hydroxylation is 2. The molecule has 0 bridgehead atoms. The summed E-state index contributed by atoms with van der Waals surface area (Å²) in [5.74, 6) is 0.698. The first kappa shape index (κ1) is 15.8. The van der Waals surface area contributed by atoms with Crippen LogP contribution in [0.15, 0.2) is 18.2 Å². The molecule has 114 valence electrons. The zero-order chi connectivity index (χ0) is 15.4. The zero-order valence-corrected chi connectivity index (χ0v) is 13.5. The van der Waals surface area contributed by atoms with Crippen molar-refractivity contribution in [2.24, 2.45) is 0 Å². The molecule has 2 rings (SSSR count). The van der Waals surface area contributed by atoms with Crippen LogP contribution in [0.3, 0.4) is 0 Å². The van der Waals surface area contributed by atoms with Crippen molar-refractivity contribution in [1.29, 1.82) is 0 Å². The number of carbonyl (C=O) groups excluding carboxylic acids is 1. The summed E-state index contributed by atoms with van der Waals surface area (Å²) >= 11 is 6.25. The van der Waals surface area contributed by atoms with E-state index in [1.807, 2.05) is 39.0 Å². The second-order valence-corrected chi connectivity index (χ2v) is 5.74. The van der Waals surface area contributed by atoms with Gasteiger partial charge in [-0.05, 0) is 38.8 Å². The van der Waals surface area contributed by atoms with Crippen molar-refractivity contribution in [1.82, 2.24) is 9.55 Å². The number of hydrogen-bond acceptors (Lipinski definition) is 3. The standard InChI is InChI=1S/C16H21ClN2O2/c1-4-21-14(20)9-6-10-19-13-8-5-7-11(2)15(13)18-16(19)12(3)17/h5,7-8,12H,4,6,9-10H2,1-3H3. The van der Waals surface area contributed by atoms with Crippen LogP contribution in [0.5, 0.6) is 0 Å². The fourth-order valence-corrected chi connectivity index (χ4v) is 2.62. The lowest BCUT2D eigenvalue weighted by atomic mass is 10.2. The van der Waals surface area contributed by atoms with Gasteiger partial charge in [-0.2, -0.15) is 0 Å². The van der Waals surface area contributed by atoms with Crippen LogP contribution in [0.4, 0.5) is 0 Å². The van der Waals surface area contributed by atoms with E-state index in [1.54, 1.807) is 0 Å². The number of halogens is 1. The molecule has 2 aromatic rings. The molecule has 0 saturated carbocycles. The first-order valence-corrected chi connectivity index (χ1v) is 7.73. The Morgan fingerprint density at radius 3 is 2.90 bits per heavy atom. The number of aromatic nitrogens is 2. The highest BCUT2D eigenvalue weighted by molar-refractivity contribution is 6.20. The molecule has 21 heavy (non-hydrogen) atoms. The predicted molar refractivity (Wildman–Crippen MR) is 84.6 cm³/mol. The highest BCUT2D eigenvalue weighted by Gasteiger charge is 2.16. The van der Waals surface area contributed by atoms with Gasteiger partial charge in [0.2, 0.25) is 0 Å². The van der Waals surface area contributed by atoms with Crippen LogP contribution < -0.4 is 0 Å². The molecule has 0 N–H and O–H groups in total. The fraction of sp³-hybridized carbons (Fsp3) is 0.500. The van der Waals surface area contributed by atoms with E-state index in [1.165, 1.54) is 0 Å². The second kappa shape index (κ2) is 6.94. The fourth-order valence-electron chi connectivity index (χ4n) is 2.46. The highest BCUT2D eigenvalue weighted by Crippen LogP contribution is 2.26. The summed E-state index contributed by atoms with van der Waals surface area (Å²) < 4.78 is 7.07. The molecule has 0 aliphatic heterocycles. The van der Waals surface area contributed by atoms with E-state index < -0.39 is 0 Å². The Morgan fingerprint density at radius 1 is 1.48 bits per heavy atom. The maximum Gasteiger partial charge on any atom is 0.305 e. The van der Waals surface area contributed by atoms with E-state index in [4.69, 9.17) is 16.3 Å². The van der Waals surface area contributed by atoms with E-state index in [0.717, 1.165) is 28.8 Å². The van der Waals surface area contributed by atoms with Gasteiger partial charge in [0, 0.05) is 13.0 Å². The SMILES string of the molecule is CCOC(=O)CCCn1c(C(C)Cl)nc2c(C)cccc21. The molecule has 5 heteroatoms. The van der Waals surface area contributed by atoms with Gasteiger partial charge >= 0.3 is 5.97 Å². The number of hydrogen-bond donors (Lipinski definition) is 0. The van der Waals surface area contributed by atoms with Crippen molar-refractivity contribution in [2.45, 2.75) is 45.5 Å². The van der Waals surface area contributed by atoms with Gasteiger partial charge in [-0.3, -0.25) is 4.79 Å². The number of ether oxygens (including phenoxy) is 1. The number of rotatable bonds is 6. The molecule has 1 aromatic carbocycles. The number of fused-ring (bicyclic) bond motifs is 1. The molecule has 4 nitrogen and oxygen atoms in total. The largest absolute Gasteiger partial charge is 0.466 e. The van der Waals surface area contributed by atoms with E-state index >= 15 is 0 Å². The lowest BCUT2D eigenvalue weighted by molar-refractivity contribution is -0.143. The van der Waals surface area contributed by atoms with Crippen LogP contribution in [-0.2, 0) is 16.1 Å². The molecule has 0 aliphatic rings. The molecule has 0 amide bonds. The Labute approximate surface area is 130 Å². The number of benzene rings is 1. The number of imidazole rings is 1. The third-order valence-corrected chi connectivity index (χ3v) is 3.63. The summed E-state index contributed by atoms with van der Waals surface area (Å²) in [4.78, 5) is 16.1. The normalized spacial score (nSPS) is 12.6. The summed E-state index contributed by atoms with van der Waals surface area (Å²) in [6, 6.07) is 6.10. The smallest absolute Gasteiger partial charge is 0.305 e. The van der Waals surface area contributed by atoms with E-state index in [0.29, 0.717) is 19.6 Å². The minimum Gasteiger partial charge on any atom is -0.466 e. The van der Waals surface area contributed by atoms with Gasteiger partial charge in [0.1, 0.15) is 5.82 Å². The second-order valence-electron chi connectivity index (χ2n) is 5.09. The Morgan fingerprint density at radius 2 is 2.24 bits per heavy atom. The first-order chi connectivity index (χ1) is 10.0. The average molecular weight is 309 g/mol. The Hall–Kier alpha value is -1.55. The Balaban J connectivity index is 2.23.